The van der Waals surface area contributed by atoms with Gasteiger partial charge in [-0.05, 0) is 37.1 Å². The third-order valence-electron chi connectivity index (χ3n) is 5.14. The van der Waals surface area contributed by atoms with Gasteiger partial charge < -0.3 is 15.2 Å². The molecule has 0 amide bonds. The van der Waals surface area contributed by atoms with E-state index in [4.69, 9.17) is 4.74 Å². The summed E-state index contributed by atoms with van der Waals surface area (Å²) in [7, 11) is 0. The number of aromatic nitrogens is 4. The first-order valence-electron chi connectivity index (χ1n) is 9.73. The average Bonchev–Trinajstić information content (AvgIpc) is 3.39. The maximum absolute atomic E-state index is 10.2. The van der Waals surface area contributed by atoms with Crippen molar-refractivity contribution >= 4 is 26.7 Å². The zero-order valence-electron chi connectivity index (χ0n) is 15.7. The third-order valence-corrected chi connectivity index (χ3v) is 6.09. The quantitative estimate of drug-likeness (QED) is 0.407. The number of anilines is 1. The normalized spacial score (nSPS) is 18.7. The maximum atomic E-state index is 10.2. The van der Waals surface area contributed by atoms with Gasteiger partial charge in [-0.15, -0.1) is 0 Å². The topological polar surface area (TPSA) is 95.9 Å². The molecule has 5 rings (SSSR count). The van der Waals surface area contributed by atoms with Gasteiger partial charge in [0, 0.05) is 24.5 Å². The minimum absolute atomic E-state index is 0. The van der Waals surface area contributed by atoms with Crippen LogP contribution in [0.25, 0.3) is 21.6 Å². The second-order valence-corrected chi connectivity index (χ2v) is 8.23. The molecule has 156 valence electrons. The van der Waals surface area contributed by atoms with Crippen LogP contribution in [0.1, 0.15) is 33.1 Å². The van der Waals surface area contributed by atoms with Gasteiger partial charge in [-0.25, -0.2) is 4.98 Å². The highest BCUT2D eigenvalue weighted by atomic mass is 32.1. The number of nitrogens with zero attached hydrogens (tertiary/aromatic N) is 3. The molecule has 3 aromatic heterocycles. The van der Waals surface area contributed by atoms with Gasteiger partial charge in [0.1, 0.15) is 11.5 Å². The predicted molar refractivity (Wildman–Crippen MR) is 120 cm³/mol. The van der Waals surface area contributed by atoms with E-state index < -0.39 is 0 Å². The predicted octanol–water partition coefficient (Wildman–Crippen LogP) is 5.23. The maximum Gasteiger partial charge on any atom is 0.184 e. The number of aromatic amines is 1. The molecule has 3 N–H and O–H groups in total. The van der Waals surface area contributed by atoms with Crippen molar-refractivity contribution in [3.05, 3.63) is 48.8 Å². The number of rotatable bonds is 5. The van der Waals surface area contributed by atoms with Gasteiger partial charge in [-0.2, -0.15) is 5.10 Å². The molecule has 1 aliphatic carbocycles. The van der Waals surface area contributed by atoms with Crippen molar-refractivity contribution in [2.75, 3.05) is 5.32 Å². The van der Waals surface area contributed by atoms with Crippen molar-refractivity contribution in [3.8, 4) is 22.9 Å². The number of ether oxygens (including phenoxy) is 1. The average molecular weight is 424 g/mol. The highest BCUT2D eigenvalue weighted by Crippen LogP contribution is 2.33. The number of aliphatic hydroxyl groups excluding tert-OH is 1. The lowest BCUT2D eigenvalue weighted by atomic mass is 9.93. The van der Waals surface area contributed by atoms with E-state index in [0.717, 1.165) is 58.2 Å². The van der Waals surface area contributed by atoms with Crippen LogP contribution in [-0.2, 0) is 0 Å². The van der Waals surface area contributed by atoms with Gasteiger partial charge in [-0.1, -0.05) is 31.6 Å². The van der Waals surface area contributed by atoms with E-state index in [1.54, 1.807) is 23.7 Å². The van der Waals surface area contributed by atoms with Gasteiger partial charge >= 0.3 is 0 Å². The van der Waals surface area contributed by atoms with Crippen molar-refractivity contribution < 1.29 is 9.84 Å². The van der Waals surface area contributed by atoms with Crippen molar-refractivity contribution in [2.45, 2.75) is 45.3 Å². The van der Waals surface area contributed by atoms with E-state index in [9.17, 15) is 5.11 Å². The molecule has 4 aromatic rings. The summed E-state index contributed by atoms with van der Waals surface area (Å²) >= 11 is 1.58. The van der Waals surface area contributed by atoms with Crippen molar-refractivity contribution in [2.24, 2.45) is 0 Å². The lowest BCUT2D eigenvalue weighted by molar-refractivity contribution is 0.116. The van der Waals surface area contributed by atoms with Gasteiger partial charge in [0.05, 0.1) is 33.8 Å². The van der Waals surface area contributed by atoms with Crippen LogP contribution in [0, 0.1) is 0 Å². The van der Waals surface area contributed by atoms with Crippen molar-refractivity contribution in [1.82, 2.24) is 20.2 Å². The van der Waals surface area contributed by atoms with Gasteiger partial charge in [0.25, 0.3) is 0 Å². The summed E-state index contributed by atoms with van der Waals surface area (Å²) in [5.74, 6) is 1.45. The summed E-state index contributed by atoms with van der Waals surface area (Å²) in [5.41, 5.74) is 2.54. The Balaban J connectivity index is 0.00000218. The number of pyridine rings is 1. The Morgan fingerprint density at radius 2 is 1.93 bits per heavy atom. The highest BCUT2D eigenvalue weighted by molar-refractivity contribution is 7.22. The molecule has 1 fully saturated rings. The Bertz CT molecular complexity index is 1110. The van der Waals surface area contributed by atoms with Crippen LogP contribution < -0.4 is 10.1 Å². The van der Waals surface area contributed by atoms with Crippen molar-refractivity contribution in [1.29, 1.82) is 0 Å². The number of hydrogen-bond donors (Lipinski definition) is 3. The molecule has 0 saturated heterocycles. The lowest BCUT2D eigenvalue weighted by Gasteiger charge is -2.27. The number of nitrogens with one attached hydrogen (secondary N) is 2. The third kappa shape index (κ3) is 4.29. The summed E-state index contributed by atoms with van der Waals surface area (Å²) in [5, 5.41) is 21.3. The first-order chi connectivity index (χ1) is 14.2. The van der Waals surface area contributed by atoms with E-state index in [1.165, 1.54) is 0 Å². The number of fused-ring (bicyclic) bond motifs is 1. The molecule has 2 atom stereocenters. The van der Waals surface area contributed by atoms with E-state index in [0.29, 0.717) is 5.75 Å². The first kappa shape index (κ1) is 20.3. The first-order valence-corrected chi connectivity index (χ1v) is 10.5. The summed E-state index contributed by atoms with van der Waals surface area (Å²) in [6.07, 6.45) is 7.18. The molecule has 0 unspecified atom stereocenters. The van der Waals surface area contributed by atoms with Crippen molar-refractivity contribution in [3.63, 3.8) is 0 Å². The molecule has 0 bridgehead atoms. The van der Waals surface area contributed by atoms with Crippen LogP contribution in [0.4, 0.5) is 5.13 Å². The molecule has 0 radical (unpaired) electrons. The molecule has 0 aliphatic heterocycles. The Morgan fingerprint density at radius 1 is 1.07 bits per heavy atom. The number of hydrogen-bond acceptors (Lipinski definition) is 7. The second-order valence-electron chi connectivity index (χ2n) is 7.20. The molecular formula is C22H25N5O2S. The molecule has 0 spiro atoms. The fraction of sp³-hybridized carbons (Fsp3) is 0.318. The molecule has 30 heavy (non-hydrogen) atoms. The molecule has 1 saturated carbocycles. The van der Waals surface area contributed by atoms with Gasteiger partial charge in [-0.3, -0.25) is 10.1 Å². The Morgan fingerprint density at radius 3 is 2.77 bits per heavy atom. The number of H-pyrrole nitrogens is 1. The Hall–Kier alpha value is -2.97. The van der Waals surface area contributed by atoms with E-state index >= 15 is 0 Å². The smallest absolute Gasteiger partial charge is 0.184 e. The molecule has 8 heteroatoms. The number of aliphatic hydroxyl groups is 1. The molecule has 3 heterocycles. The monoisotopic (exact) mass is 423 g/mol. The van der Waals surface area contributed by atoms with Crippen LogP contribution in [0.5, 0.6) is 11.5 Å². The SMILES string of the molecule is C.O[C@@H]1CCCC[C@H]1Nc1nc2ccc(Oc3ccnc(-c4ccn[nH]4)c3)cc2s1. The minimum Gasteiger partial charge on any atom is -0.457 e. The van der Waals surface area contributed by atoms with E-state index in [-0.39, 0.29) is 19.6 Å². The lowest BCUT2D eigenvalue weighted by Crippen LogP contribution is -2.36. The summed E-state index contributed by atoms with van der Waals surface area (Å²) in [4.78, 5) is 9.01. The van der Waals surface area contributed by atoms with Gasteiger partial charge in [0.15, 0.2) is 5.13 Å². The Kier molecular flexibility index (Phi) is 5.96. The second kappa shape index (κ2) is 8.81. The molecule has 1 aliphatic rings. The standard InChI is InChI=1S/C21H21N5O2S.CH4/c27-19-4-2-1-3-16(19)24-21-25-17-6-5-13(12-20(17)29-21)28-14-7-9-22-18(11-14)15-8-10-23-26-15;/h5-12,16,19,27H,1-4H2,(H,23,26)(H,24,25);1H4/t16-,19-;/m1./s1. The summed E-state index contributed by atoms with van der Waals surface area (Å²) in [6.45, 7) is 0. The number of thiazole rings is 1. The van der Waals surface area contributed by atoms with Crippen LogP contribution in [0.2, 0.25) is 0 Å². The summed E-state index contributed by atoms with van der Waals surface area (Å²) < 4.78 is 7.09. The van der Waals surface area contributed by atoms with Crippen LogP contribution in [0.3, 0.4) is 0 Å². The highest BCUT2D eigenvalue weighted by Gasteiger charge is 2.23. The zero-order chi connectivity index (χ0) is 19.6. The molecule has 7 nitrogen and oxygen atoms in total. The van der Waals surface area contributed by atoms with Crippen LogP contribution in [-0.4, -0.2) is 37.4 Å². The number of benzene rings is 1. The van der Waals surface area contributed by atoms with Crippen LogP contribution >= 0.6 is 11.3 Å². The largest absolute Gasteiger partial charge is 0.457 e. The fourth-order valence-electron chi connectivity index (χ4n) is 3.62. The van der Waals surface area contributed by atoms with Gasteiger partial charge in [0.2, 0.25) is 0 Å². The Labute approximate surface area is 179 Å². The summed E-state index contributed by atoms with van der Waals surface area (Å²) in [6, 6.07) is 11.5. The molecular weight excluding hydrogens is 398 g/mol. The van der Waals surface area contributed by atoms with Crippen LogP contribution in [0.15, 0.2) is 48.8 Å². The van der Waals surface area contributed by atoms with E-state index in [1.807, 2.05) is 36.4 Å². The minimum atomic E-state index is -0.301. The van der Waals surface area contributed by atoms with E-state index in [2.05, 4.69) is 25.5 Å². The zero-order valence-corrected chi connectivity index (χ0v) is 16.5. The molecule has 1 aromatic carbocycles. The fourth-order valence-corrected chi connectivity index (χ4v) is 4.58.